The minimum absolute atomic E-state index is 0.0199. The van der Waals surface area contributed by atoms with E-state index in [2.05, 4.69) is 17.3 Å². The van der Waals surface area contributed by atoms with Gasteiger partial charge in [-0.25, -0.2) is 4.79 Å². The number of allylic oxidation sites excluding steroid dienone is 2. The molecule has 1 aliphatic carbocycles. The molecule has 2 saturated heterocycles. The maximum Gasteiger partial charge on any atom is 0.324 e. The van der Waals surface area contributed by atoms with Gasteiger partial charge in [0.15, 0.2) is 0 Å². The summed E-state index contributed by atoms with van der Waals surface area (Å²) in [5.74, 6) is 0.404. The van der Waals surface area contributed by atoms with Gasteiger partial charge in [0.2, 0.25) is 5.91 Å². The van der Waals surface area contributed by atoms with Gasteiger partial charge in [-0.1, -0.05) is 12.2 Å². The van der Waals surface area contributed by atoms with Gasteiger partial charge in [-0.3, -0.25) is 14.4 Å². The molecular weight excluding hydrogens is 306 g/mol. The summed E-state index contributed by atoms with van der Waals surface area (Å²) in [6.07, 6.45) is 10.5. The largest absolute Gasteiger partial charge is 0.340 e. The fourth-order valence-electron chi connectivity index (χ4n) is 3.79. The summed E-state index contributed by atoms with van der Waals surface area (Å²) >= 11 is 0. The van der Waals surface area contributed by atoms with Crippen molar-refractivity contribution in [2.24, 2.45) is 5.92 Å². The lowest BCUT2D eigenvalue weighted by atomic mass is 10.1. The lowest BCUT2D eigenvalue weighted by molar-refractivity contribution is -0.134. The normalized spacial score (nSPS) is 24.6. The van der Waals surface area contributed by atoms with Crippen LogP contribution in [0, 0.1) is 5.92 Å². The van der Waals surface area contributed by atoms with Crippen LogP contribution >= 0.6 is 0 Å². The van der Waals surface area contributed by atoms with E-state index in [1.165, 1.54) is 0 Å². The van der Waals surface area contributed by atoms with Gasteiger partial charge in [0.05, 0.1) is 17.9 Å². The van der Waals surface area contributed by atoms with Crippen molar-refractivity contribution in [2.45, 2.75) is 25.3 Å². The third-order valence-corrected chi connectivity index (χ3v) is 5.32. The first kappa shape index (κ1) is 15.2. The SMILES string of the molecule is CN1CCN(c2cnn(C3CCN(C(=O)C4CC=CC4)C3)c2)C1=O. The summed E-state index contributed by atoms with van der Waals surface area (Å²) < 4.78 is 1.92. The maximum absolute atomic E-state index is 12.5. The van der Waals surface area contributed by atoms with Crippen molar-refractivity contribution in [1.29, 1.82) is 0 Å². The molecule has 0 aromatic carbocycles. The van der Waals surface area contributed by atoms with Crippen molar-refractivity contribution < 1.29 is 9.59 Å². The minimum atomic E-state index is 0.0199. The van der Waals surface area contributed by atoms with Crippen LogP contribution in [0.15, 0.2) is 24.5 Å². The van der Waals surface area contributed by atoms with Crippen molar-refractivity contribution in [3.05, 3.63) is 24.5 Å². The summed E-state index contributed by atoms with van der Waals surface area (Å²) in [4.78, 5) is 30.0. The number of aromatic nitrogens is 2. The molecule has 1 atom stereocenters. The molecule has 2 aliphatic heterocycles. The molecule has 24 heavy (non-hydrogen) atoms. The fourth-order valence-corrected chi connectivity index (χ4v) is 3.79. The number of hydrogen-bond donors (Lipinski definition) is 0. The minimum Gasteiger partial charge on any atom is -0.340 e. The average Bonchev–Trinajstić information content (AvgIpc) is 3.35. The van der Waals surface area contributed by atoms with Crippen LogP contribution in [0.4, 0.5) is 10.5 Å². The Hall–Kier alpha value is -2.31. The second kappa shape index (κ2) is 5.96. The number of nitrogens with zero attached hydrogens (tertiary/aromatic N) is 5. The van der Waals surface area contributed by atoms with Crippen LogP contribution in [0.25, 0.3) is 0 Å². The number of anilines is 1. The Kier molecular flexibility index (Phi) is 3.78. The van der Waals surface area contributed by atoms with E-state index in [9.17, 15) is 9.59 Å². The van der Waals surface area contributed by atoms with Gasteiger partial charge in [0.25, 0.3) is 0 Å². The predicted molar refractivity (Wildman–Crippen MR) is 89.7 cm³/mol. The Morgan fingerprint density at radius 2 is 2.00 bits per heavy atom. The first-order valence-electron chi connectivity index (χ1n) is 8.64. The van der Waals surface area contributed by atoms with Crippen LogP contribution in [0.2, 0.25) is 0 Å². The molecule has 7 heteroatoms. The molecule has 4 rings (SSSR count). The topological polar surface area (TPSA) is 61.7 Å². The van der Waals surface area contributed by atoms with E-state index in [-0.39, 0.29) is 23.9 Å². The fraction of sp³-hybridized carbons (Fsp3) is 0.588. The monoisotopic (exact) mass is 329 g/mol. The van der Waals surface area contributed by atoms with Crippen LogP contribution in [-0.2, 0) is 4.79 Å². The lowest BCUT2D eigenvalue weighted by Gasteiger charge is -2.20. The number of carbonyl (C=O) groups excluding carboxylic acids is 2. The lowest BCUT2D eigenvalue weighted by Crippen LogP contribution is -2.33. The number of likely N-dealkylation sites (tertiary alicyclic amines) is 1. The van der Waals surface area contributed by atoms with E-state index in [1.54, 1.807) is 16.0 Å². The highest BCUT2D eigenvalue weighted by atomic mass is 16.2. The predicted octanol–water partition coefficient (Wildman–Crippen LogP) is 1.49. The second-order valence-corrected chi connectivity index (χ2v) is 6.90. The molecule has 0 N–H and O–H groups in total. The number of amides is 3. The summed E-state index contributed by atoms with van der Waals surface area (Å²) in [6.45, 7) is 2.95. The Labute approximate surface area is 141 Å². The van der Waals surface area contributed by atoms with Gasteiger partial charge in [0.1, 0.15) is 0 Å². The highest BCUT2D eigenvalue weighted by molar-refractivity contribution is 5.93. The van der Waals surface area contributed by atoms with Crippen molar-refractivity contribution >= 4 is 17.6 Å². The van der Waals surface area contributed by atoms with Crippen LogP contribution in [0.5, 0.6) is 0 Å². The molecule has 3 amide bonds. The van der Waals surface area contributed by atoms with Crippen LogP contribution < -0.4 is 4.90 Å². The molecule has 7 nitrogen and oxygen atoms in total. The number of likely N-dealkylation sites (N-methyl/N-ethyl adjacent to an activating group) is 1. The van der Waals surface area contributed by atoms with Gasteiger partial charge in [-0.2, -0.15) is 5.10 Å². The van der Waals surface area contributed by atoms with Crippen molar-refractivity contribution in [3.8, 4) is 0 Å². The summed E-state index contributed by atoms with van der Waals surface area (Å²) in [7, 11) is 1.81. The van der Waals surface area contributed by atoms with E-state index in [0.717, 1.165) is 38.0 Å². The molecular formula is C17H23N5O2. The number of carbonyl (C=O) groups is 2. The van der Waals surface area contributed by atoms with E-state index < -0.39 is 0 Å². The third-order valence-electron chi connectivity index (χ3n) is 5.32. The highest BCUT2D eigenvalue weighted by Crippen LogP contribution is 2.28. The molecule has 0 radical (unpaired) electrons. The van der Waals surface area contributed by atoms with E-state index >= 15 is 0 Å². The third kappa shape index (κ3) is 2.57. The molecule has 1 aromatic heterocycles. The number of rotatable bonds is 3. The standard InChI is InChI=1S/C17H23N5O2/c1-19-8-9-21(17(19)24)15-10-18-22(12-15)14-6-7-20(11-14)16(23)13-4-2-3-5-13/h2-3,10,12-14H,4-9,11H2,1H3. The Morgan fingerprint density at radius 3 is 2.71 bits per heavy atom. The molecule has 128 valence electrons. The van der Waals surface area contributed by atoms with Crippen molar-refractivity contribution in [2.75, 3.05) is 38.1 Å². The molecule has 0 spiro atoms. The summed E-state index contributed by atoms with van der Waals surface area (Å²) in [5.41, 5.74) is 0.842. The van der Waals surface area contributed by atoms with Crippen molar-refractivity contribution in [1.82, 2.24) is 19.6 Å². The Balaban J connectivity index is 1.41. The van der Waals surface area contributed by atoms with Crippen molar-refractivity contribution in [3.63, 3.8) is 0 Å². The highest BCUT2D eigenvalue weighted by Gasteiger charge is 2.33. The number of urea groups is 1. The van der Waals surface area contributed by atoms with Gasteiger partial charge < -0.3 is 9.80 Å². The molecule has 0 bridgehead atoms. The van der Waals surface area contributed by atoms with E-state index in [4.69, 9.17) is 0 Å². The Bertz CT molecular complexity index is 674. The van der Waals surface area contributed by atoms with E-state index in [1.807, 2.05) is 22.8 Å². The molecule has 0 saturated carbocycles. The van der Waals surface area contributed by atoms with Gasteiger partial charge >= 0.3 is 6.03 Å². The van der Waals surface area contributed by atoms with E-state index in [0.29, 0.717) is 13.1 Å². The summed E-state index contributed by atoms with van der Waals surface area (Å²) in [5, 5.41) is 4.45. The molecule has 1 aromatic rings. The van der Waals surface area contributed by atoms with Crippen LogP contribution in [-0.4, -0.2) is 64.7 Å². The first-order valence-corrected chi connectivity index (χ1v) is 8.64. The average molecular weight is 329 g/mol. The molecule has 1 unspecified atom stereocenters. The van der Waals surface area contributed by atoms with Gasteiger partial charge in [0, 0.05) is 45.3 Å². The zero-order chi connectivity index (χ0) is 16.7. The molecule has 3 heterocycles. The molecule has 2 fully saturated rings. The zero-order valence-electron chi connectivity index (χ0n) is 14.0. The second-order valence-electron chi connectivity index (χ2n) is 6.90. The zero-order valence-corrected chi connectivity index (χ0v) is 14.0. The molecule has 3 aliphatic rings. The van der Waals surface area contributed by atoms with Gasteiger partial charge in [-0.05, 0) is 19.3 Å². The maximum atomic E-state index is 12.5. The first-order chi connectivity index (χ1) is 11.6. The van der Waals surface area contributed by atoms with Crippen LogP contribution in [0.3, 0.4) is 0 Å². The number of hydrogen-bond acceptors (Lipinski definition) is 3. The summed E-state index contributed by atoms with van der Waals surface area (Å²) in [6, 6.07) is 0.221. The smallest absolute Gasteiger partial charge is 0.324 e. The van der Waals surface area contributed by atoms with Gasteiger partial charge in [-0.15, -0.1) is 0 Å². The quantitative estimate of drug-likeness (QED) is 0.790. The van der Waals surface area contributed by atoms with Crippen LogP contribution in [0.1, 0.15) is 25.3 Å². The Morgan fingerprint density at radius 1 is 1.21 bits per heavy atom.